The summed E-state index contributed by atoms with van der Waals surface area (Å²) in [7, 11) is 0. The van der Waals surface area contributed by atoms with Crippen LogP contribution in [0.25, 0.3) is 6.08 Å². The maximum atomic E-state index is 13.7. The van der Waals surface area contributed by atoms with Crippen LogP contribution in [0.15, 0.2) is 71.6 Å². The lowest BCUT2D eigenvalue weighted by molar-refractivity contribution is -0.127. The fourth-order valence-electron chi connectivity index (χ4n) is 3.43. The fraction of sp³-hybridized carbons (Fsp3) is 0.148. The summed E-state index contributed by atoms with van der Waals surface area (Å²) in [5.41, 5.74) is 3.67. The van der Waals surface area contributed by atoms with E-state index in [4.69, 9.17) is 4.74 Å². The van der Waals surface area contributed by atoms with Crippen LogP contribution in [0, 0.1) is 19.7 Å². The molecule has 0 bridgehead atoms. The summed E-state index contributed by atoms with van der Waals surface area (Å²) >= 11 is 0.789. The molecule has 0 unspecified atom stereocenters. The summed E-state index contributed by atoms with van der Waals surface area (Å²) < 4.78 is 19.3. The van der Waals surface area contributed by atoms with Gasteiger partial charge in [0.1, 0.15) is 24.7 Å². The highest BCUT2D eigenvalue weighted by atomic mass is 32.2. The Balaban J connectivity index is 1.37. The van der Waals surface area contributed by atoms with Crippen molar-refractivity contribution >= 4 is 40.6 Å². The van der Waals surface area contributed by atoms with Gasteiger partial charge < -0.3 is 10.1 Å². The molecule has 1 fully saturated rings. The Morgan fingerprint density at radius 2 is 1.80 bits per heavy atom. The van der Waals surface area contributed by atoms with Crippen molar-refractivity contribution in [1.29, 1.82) is 0 Å². The van der Waals surface area contributed by atoms with Gasteiger partial charge in [0.25, 0.3) is 11.1 Å². The molecule has 1 aliphatic heterocycles. The summed E-state index contributed by atoms with van der Waals surface area (Å²) in [6, 6.07) is 18.9. The minimum atomic E-state index is -0.518. The second-order valence-corrected chi connectivity index (χ2v) is 9.08. The number of thioether (sulfide) groups is 1. The maximum Gasteiger partial charge on any atom is 0.294 e. The number of nitrogens with zero attached hydrogens (tertiary/aromatic N) is 1. The molecule has 0 saturated carbocycles. The number of halogens is 1. The molecule has 0 aromatic heterocycles. The first kappa shape index (κ1) is 24.2. The SMILES string of the molecule is Cc1ccc(C)c(NC(=O)CN2C(=O)S/C(=C/c3ccc(OCc4ccccc4F)cc3)C2=O)c1. The van der Waals surface area contributed by atoms with E-state index in [0.717, 1.165) is 27.8 Å². The van der Waals surface area contributed by atoms with E-state index in [2.05, 4.69) is 5.32 Å². The summed E-state index contributed by atoms with van der Waals surface area (Å²) in [4.78, 5) is 38.8. The van der Waals surface area contributed by atoms with Crippen LogP contribution >= 0.6 is 11.8 Å². The van der Waals surface area contributed by atoms with E-state index in [1.807, 2.05) is 32.0 Å². The fourth-order valence-corrected chi connectivity index (χ4v) is 4.27. The average molecular weight is 491 g/mol. The Kier molecular flexibility index (Phi) is 7.31. The highest BCUT2D eigenvalue weighted by molar-refractivity contribution is 8.18. The van der Waals surface area contributed by atoms with Crippen LogP contribution < -0.4 is 10.1 Å². The molecule has 1 heterocycles. The average Bonchev–Trinajstić information content (AvgIpc) is 3.09. The molecule has 1 aliphatic rings. The Morgan fingerprint density at radius 3 is 2.54 bits per heavy atom. The van der Waals surface area contributed by atoms with Crippen molar-refractivity contribution in [2.45, 2.75) is 20.5 Å². The first-order valence-corrected chi connectivity index (χ1v) is 11.7. The van der Waals surface area contributed by atoms with Gasteiger partial charge in [-0.05, 0) is 72.6 Å². The molecule has 35 heavy (non-hydrogen) atoms. The van der Waals surface area contributed by atoms with Gasteiger partial charge in [-0.3, -0.25) is 19.3 Å². The molecule has 4 rings (SSSR count). The molecular formula is C27H23FN2O4S. The van der Waals surface area contributed by atoms with Crippen LogP contribution in [0.2, 0.25) is 0 Å². The highest BCUT2D eigenvalue weighted by Crippen LogP contribution is 2.32. The zero-order chi connectivity index (χ0) is 24.9. The molecule has 1 N–H and O–H groups in total. The first-order chi connectivity index (χ1) is 16.8. The van der Waals surface area contributed by atoms with Crippen molar-refractivity contribution in [3.63, 3.8) is 0 Å². The number of nitrogens with one attached hydrogen (secondary N) is 1. The largest absolute Gasteiger partial charge is 0.489 e. The lowest BCUT2D eigenvalue weighted by Gasteiger charge is -2.14. The summed E-state index contributed by atoms with van der Waals surface area (Å²) in [6.45, 7) is 3.51. The van der Waals surface area contributed by atoms with E-state index < -0.39 is 17.1 Å². The number of carbonyl (C=O) groups is 3. The Labute approximate surface area is 206 Å². The van der Waals surface area contributed by atoms with E-state index in [1.165, 1.54) is 6.07 Å². The van der Waals surface area contributed by atoms with Crippen molar-refractivity contribution in [2.24, 2.45) is 0 Å². The standard InChI is InChI=1S/C27H23FN2O4S/c1-17-7-8-18(2)23(13-17)29-25(31)15-30-26(32)24(35-27(30)33)14-19-9-11-21(12-10-19)34-16-20-5-3-4-6-22(20)28/h3-14H,15-16H2,1-2H3,(H,29,31)/b24-14+. The number of amides is 3. The molecule has 3 amide bonds. The smallest absolute Gasteiger partial charge is 0.294 e. The van der Waals surface area contributed by atoms with E-state index >= 15 is 0 Å². The van der Waals surface area contributed by atoms with Gasteiger partial charge in [-0.1, -0.05) is 42.5 Å². The zero-order valence-electron chi connectivity index (χ0n) is 19.2. The Bertz CT molecular complexity index is 1320. The van der Waals surface area contributed by atoms with Gasteiger partial charge in [0.05, 0.1) is 4.91 Å². The normalized spacial score (nSPS) is 14.5. The number of anilines is 1. The third-order valence-corrected chi connectivity index (χ3v) is 6.28. The molecule has 3 aromatic rings. The first-order valence-electron chi connectivity index (χ1n) is 10.9. The summed E-state index contributed by atoms with van der Waals surface area (Å²) in [5, 5.41) is 2.27. The molecule has 0 radical (unpaired) electrons. The number of carbonyl (C=O) groups excluding carboxylic acids is 3. The van der Waals surface area contributed by atoms with Crippen molar-refractivity contribution < 1.29 is 23.5 Å². The topological polar surface area (TPSA) is 75.7 Å². The van der Waals surface area contributed by atoms with Gasteiger partial charge in [-0.2, -0.15) is 0 Å². The lowest BCUT2D eigenvalue weighted by atomic mass is 10.1. The van der Waals surface area contributed by atoms with Gasteiger partial charge in [-0.15, -0.1) is 0 Å². The number of benzene rings is 3. The van der Waals surface area contributed by atoms with E-state index in [-0.39, 0.29) is 23.9 Å². The molecular weight excluding hydrogens is 467 g/mol. The molecule has 0 spiro atoms. The van der Waals surface area contributed by atoms with E-state index in [0.29, 0.717) is 22.6 Å². The van der Waals surface area contributed by atoms with Gasteiger partial charge in [0.15, 0.2) is 0 Å². The number of hydrogen-bond donors (Lipinski definition) is 1. The lowest BCUT2D eigenvalue weighted by Crippen LogP contribution is -2.36. The molecule has 6 nitrogen and oxygen atoms in total. The molecule has 8 heteroatoms. The predicted octanol–water partition coefficient (Wildman–Crippen LogP) is 5.70. The van der Waals surface area contributed by atoms with Crippen molar-refractivity contribution in [3.8, 4) is 5.75 Å². The van der Waals surface area contributed by atoms with Crippen LogP contribution in [0.1, 0.15) is 22.3 Å². The number of imide groups is 1. The predicted molar refractivity (Wildman–Crippen MR) is 134 cm³/mol. The number of aryl methyl sites for hydroxylation is 2. The zero-order valence-corrected chi connectivity index (χ0v) is 20.0. The van der Waals surface area contributed by atoms with Crippen molar-refractivity contribution in [3.05, 3.63) is 99.7 Å². The van der Waals surface area contributed by atoms with Crippen LogP contribution in [0.5, 0.6) is 5.75 Å². The van der Waals surface area contributed by atoms with Crippen molar-refractivity contribution in [2.75, 3.05) is 11.9 Å². The van der Waals surface area contributed by atoms with Gasteiger partial charge in [0, 0.05) is 11.3 Å². The third-order valence-electron chi connectivity index (χ3n) is 5.37. The van der Waals surface area contributed by atoms with Crippen LogP contribution in [0.3, 0.4) is 0 Å². The summed E-state index contributed by atoms with van der Waals surface area (Å²) in [5.74, 6) is -0.751. The van der Waals surface area contributed by atoms with Gasteiger partial charge in [-0.25, -0.2) is 4.39 Å². The van der Waals surface area contributed by atoms with Crippen molar-refractivity contribution in [1.82, 2.24) is 4.90 Å². The number of ether oxygens (including phenoxy) is 1. The quantitative estimate of drug-likeness (QED) is 0.430. The van der Waals surface area contributed by atoms with Crippen LogP contribution in [-0.2, 0) is 16.2 Å². The minimum Gasteiger partial charge on any atom is -0.489 e. The Hall–Kier alpha value is -3.91. The Morgan fingerprint density at radius 1 is 1.06 bits per heavy atom. The number of hydrogen-bond acceptors (Lipinski definition) is 5. The van der Waals surface area contributed by atoms with E-state index in [9.17, 15) is 18.8 Å². The van der Waals surface area contributed by atoms with E-state index in [1.54, 1.807) is 48.5 Å². The summed E-state index contributed by atoms with van der Waals surface area (Å²) in [6.07, 6.45) is 1.59. The maximum absolute atomic E-state index is 13.7. The number of rotatable bonds is 7. The second kappa shape index (κ2) is 10.6. The molecule has 0 aliphatic carbocycles. The van der Waals surface area contributed by atoms with Gasteiger partial charge >= 0.3 is 0 Å². The highest BCUT2D eigenvalue weighted by Gasteiger charge is 2.36. The van der Waals surface area contributed by atoms with Crippen LogP contribution in [0.4, 0.5) is 14.9 Å². The molecule has 178 valence electrons. The molecule has 0 atom stereocenters. The second-order valence-electron chi connectivity index (χ2n) is 8.08. The van der Waals surface area contributed by atoms with Crippen LogP contribution in [-0.4, -0.2) is 28.5 Å². The molecule has 3 aromatic carbocycles. The third kappa shape index (κ3) is 5.96. The van der Waals surface area contributed by atoms with Gasteiger partial charge in [0.2, 0.25) is 5.91 Å². The molecule has 1 saturated heterocycles. The minimum absolute atomic E-state index is 0.0923. The monoisotopic (exact) mass is 490 g/mol.